The number of carbonyl (C=O) groups is 1. The van der Waals surface area contributed by atoms with Crippen LogP contribution in [0.25, 0.3) is 21.3 Å². The molecule has 0 aliphatic heterocycles. The molecule has 144 valence electrons. The summed E-state index contributed by atoms with van der Waals surface area (Å²) in [7, 11) is 0. The first kappa shape index (κ1) is 17.7. The molecule has 1 aromatic carbocycles. The van der Waals surface area contributed by atoms with E-state index in [-0.39, 0.29) is 11.0 Å². The zero-order valence-corrected chi connectivity index (χ0v) is 16.7. The van der Waals surface area contributed by atoms with E-state index in [4.69, 9.17) is 0 Å². The largest absolute Gasteiger partial charge is 0.477 e. The van der Waals surface area contributed by atoms with Crippen LogP contribution >= 0.6 is 11.3 Å². The van der Waals surface area contributed by atoms with Crippen LogP contribution in [0.5, 0.6) is 0 Å². The van der Waals surface area contributed by atoms with E-state index in [1.54, 1.807) is 6.20 Å². The number of pyridine rings is 1. The summed E-state index contributed by atoms with van der Waals surface area (Å²) in [5.74, 6) is -0.487. The molecular weight excluding hydrogens is 370 g/mol. The molecule has 0 saturated heterocycles. The van der Waals surface area contributed by atoms with Crippen molar-refractivity contribution in [1.82, 2.24) is 4.57 Å². The van der Waals surface area contributed by atoms with Gasteiger partial charge < -0.3 is 9.67 Å². The van der Waals surface area contributed by atoms with Crippen LogP contribution in [0.2, 0.25) is 0 Å². The molecule has 3 aromatic rings. The van der Waals surface area contributed by atoms with E-state index in [0.717, 1.165) is 23.9 Å². The highest BCUT2D eigenvalue weighted by molar-refractivity contribution is 7.15. The minimum Gasteiger partial charge on any atom is -0.477 e. The number of aromatic carboxylic acids is 1. The lowest BCUT2D eigenvalue weighted by atomic mass is 9.86. The zero-order chi connectivity index (χ0) is 19.4. The molecular formula is C23H23NO3S. The van der Waals surface area contributed by atoms with Gasteiger partial charge in [0.25, 0.3) is 0 Å². The van der Waals surface area contributed by atoms with E-state index in [1.807, 2.05) is 28.0 Å². The van der Waals surface area contributed by atoms with Gasteiger partial charge in [-0.2, -0.15) is 0 Å². The summed E-state index contributed by atoms with van der Waals surface area (Å²) in [5.41, 5.74) is 2.97. The fraction of sp³-hybridized carbons (Fsp3) is 0.391. The second kappa shape index (κ2) is 6.59. The molecule has 1 unspecified atom stereocenters. The predicted molar refractivity (Wildman–Crippen MR) is 113 cm³/mol. The lowest BCUT2D eigenvalue weighted by molar-refractivity contribution is 0.0695. The normalized spacial score (nSPS) is 19.0. The molecule has 0 spiro atoms. The third kappa shape index (κ3) is 2.80. The zero-order valence-electron chi connectivity index (χ0n) is 15.9. The van der Waals surface area contributed by atoms with Crippen molar-refractivity contribution in [2.45, 2.75) is 57.4 Å². The maximum Gasteiger partial charge on any atom is 0.341 e. The molecule has 4 nitrogen and oxygen atoms in total. The highest BCUT2D eigenvalue weighted by Crippen LogP contribution is 2.43. The fourth-order valence-electron chi connectivity index (χ4n) is 4.52. The van der Waals surface area contributed by atoms with Gasteiger partial charge in [0, 0.05) is 27.4 Å². The number of aromatic nitrogens is 1. The molecule has 0 amide bonds. The molecule has 5 rings (SSSR count). The van der Waals surface area contributed by atoms with Gasteiger partial charge in [0.1, 0.15) is 5.56 Å². The summed E-state index contributed by atoms with van der Waals surface area (Å²) in [6.45, 7) is 2.27. The van der Waals surface area contributed by atoms with Gasteiger partial charge in [0.15, 0.2) is 0 Å². The average molecular weight is 394 g/mol. The van der Waals surface area contributed by atoms with Crippen LogP contribution in [0.1, 0.15) is 71.8 Å². The van der Waals surface area contributed by atoms with Crippen molar-refractivity contribution < 1.29 is 9.90 Å². The second-order valence-electron chi connectivity index (χ2n) is 8.03. The van der Waals surface area contributed by atoms with Gasteiger partial charge in [-0.25, -0.2) is 4.79 Å². The Morgan fingerprint density at radius 1 is 1.25 bits per heavy atom. The van der Waals surface area contributed by atoms with Crippen molar-refractivity contribution in [2.75, 3.05) is 0 Å². The first-order valence-electron chi connectivity index (χ1n) is 10.1. The number of rotatable bonds is 4. The Bertz CT molecular complexity index is 1150. The van der Waals surface area contributed by atoms with E-state index in [2.05, 4.69) is 19.1 Å². The second-order valence-corrected chi connectivity index (χ2v) is 9.17. The van der Waals surface area contributed by atoms with Gasteiger partial charge in [-0.05, 0) is 73.8 Å². The Balaban J connectivity index is 1.68. The minimum absolute atomic E-state index is 0.135. The fourth-order valence-corrected chi connectivity index (χ4v) is 5.81. The van der Waals surface area contributed by atoms with Gasteiger partial charge in [-0.1, -0.05) is 13.0 Å². The maximum atomic E-state index is 12.7. The van der Waals surface area contributed by atoms with E-state index < -0.39 is 5.97 Å². The number of nitrogens with zero attached hydrogens (tertiary/aromatic N) is 1. The van der Waals surface area contributed by atoms with Crippen molar-refractivity contribution in [2.24, 2.45) is 0 Å². The number of fused-ring (bicyclic) bond motifs is 2. The average Bonchev–Trinajstić information content (AvgIpc) is 3.44. The molecule has 2 aromatic heterocycles. The maximum absolute atomic E-state index is 12.7. The van der Waals surface area contributed by atoms with Crippen molar-refractivity contribution in [3.05, 3.63) is 56.7 Å². The number of thiophene rings is 1. The van der Waals surface area contributed by atoms with Crippen molar-refractivity contribution in [1.29, 1.82) is 0 Å². The van der Waals surface area contributed by atoms with E-state index in [9.17, 15) is 14.7 Å². The van der Waals surface area contributed by atoms with E-state index >= 15 is 0 Å². The third-order valence-corrected chi connectivity index (χ3v) is 7.48. The van der Waals surface area contributed by atoms with Crippen molar-refractivity contribution in [3.8, 4) is 10.4 Å². The van der Waals surface area contributed by atoms with Gasteiger partial charge in [0.2, 0.25) is 5.43 Å². The van der Waals surface area contributed by atoms with Crippen LogP contribution in [0.4, 0.5) is 0 Å². The smallest absolute Gasteiger partial charge is 0.341 e. The van der Waals surface area contributed by atoms with E-state index in [1.165, 1.54) is 41.0 Å². The summed E-state index contributed by atoms with van der Waals surface area (Å²) in [4.78, 5) is 26.9. The molecule has 0 bridgehead atoms. The Labute approximate surface area is 167 Å². The van der Waals surface area contributed by atoms with Crippen LogP contribution in [0, 0.1) is 0 Å². The lowest BCUT2D eigenvalue weighted by Gasteiger charge is -2.20. The number of carboxylic acids is 1. The molecule has 1 saturated carbocycles. The van der Waals surface area contributed by atoms with Gasteiger partial charge >= 0.3 is 5.97 Å². The summed E-state index contributed by atoms with van der Waals surface area (Å²) >= 11 is 1.88. The summed E-state index contributed by atoms with van der Waals surface area (Å²) in [6, 6.07) is 8.52. The monoisotopic (exact) mass is 393 g/mol. The van der Waals surface area contributed by atoms with Crippen LogP contribution in [0.15, 0.2) is 35.3 Å². The van der Waals surface area contributed by atoms with Crippen molar-refractivity contribution in [3.63, 3.8) is 0 Å². The summed E-state index contributed by atoms with van der Waals surface area (Å²) in [5, 5.41) is 9.92. The molecule has 1 atom stereocenters. The highest BCUT2D eigenvalue weighted by atomic mass is 32.1. The molecule has 28 heavy (non-hydrogen) atoms. The number of aryl methyl sites for hydroxylation is 1. The number of carboxylic acid groups (broad SMARTS) is 1. The highest BCUT2D eigenvalue weighted by Gasteiger charge is 2.27. The molecule has 5 heteroatoms. The predicted octanol–water partition coefficient (Wildman–Crippen LogP) is 5.59. The van der Waals surface area contributed by atoms with Gasteiger partial charge in [0.05, 0.1) is 5.52 Å². The van der Waals surface area contributed by atoms with Crippen LogP contribution in [-0.4, -0.2) is 15.6 Å². The number of hydrogen-bond acceptors (Lipinski definition) is 3. The van der Waals surface area contributed by atoms with Gasteiger partial charge in [-0.3, -0.25) is 4.79 Å². The van der Waals surface area contributed by atoms with Crippen LogP contribution in [0.3, 0.4) is 0 Å². The van der Waals surface area contributed by atoms with Crippen molar-refractivity contribution >= 4 is 28.2 Å². The quantitative estimate of drug-likeness (QED) is 0.628. The number of benzene rings is 1. The topological polar surface area (TPSA) is 59.3 Å². The third-order valence-electron chi connectivity index (χ3n) is 6.22. The molecule has 2 heterocycles. The standard InChI is InChI=1S/C23H23NO3S/c1-2-13-4-3-5-20-17(13)11-21(28-20)14-6-9-16-19(10-14)24(15-7-8-15)12-18(22(16)25)23(26)27/h6,9-13,15H,2-5,7-8H2,1H3,(H,26,27). The molecule has 0 radical (unpaired) electrons. The molecule has 1 N–H and O–H groups in total. The Morgan fingerprint density at radius 3 is 2.79 bits per heavy atom. The summed E-state index contributed by atoms with van der Waals surface area (Å²) < 4.78 is 2.01. The molecule has 2 aliphatic carbocycles. The first-order chi connectivity index (χ1) is 13.6. The van der Waals surface area contributed by atoms with E-state index in [0.29, 0.717) is 17.3 Å². The lowest BCUT2D eigenvalue weighted by Crippen LogP contribution is -2.18. The van der Waals surface area contributed by atoms with Crippen LogP contribution < -0.4 is 5.43 Å². The molecule has 2 aliphatic rings. The van der Waals surface area contributed by atoms with Gasteiger partial charge in [-0.15, -0.1) is 11.3 Å². The Morgan fingerprint density at radius 2 is 2.07 bits per heavy atom. The Hall–Kier alpha value is -2.40. The SMILES string of the molecule is CCC1CCCc2sc(-c3ccc4c(=O)c(C(=O)O)cn(C5CC5)c4c3)cc21. The number of hydrogen-bond donors (Lipinski definition) is 1. The molecule has 1 fully saturated rings. The summed E-state index contributed by atoms with van der Waals surface area (Å²) in [6.07, 6.45) is 8.50. The van der Waals surface area contributed by atoms with Crippen LogP contribution in [-0.2, 0) is 6.42 Å². The Kier molecular flexibility index (Phi) is 4.16. The first-order valence-corrected chi connectivity index (χ1v) is 10.9. The minimum atomic E-state index is -1.15.